The van der Waals surface area contributed by atoms with Gasteiger partial charge < -0.3 is 15.5 Å². The predicted octanol–water partition coefficient (Wildman–Crippen LogP) is 2.48. The topological polar surface area (TPSA) is 69.6 Å². The van der Waals surface area contributed by atoms with E-state index in [1.807, 2.05) is 0 Å². The van der Waals surface area contributed by atoms with Gasteiger partial charge >= 0.3 is 0 Å². The summed E-state index contributed by atoms with van der Waals surface area (Å²) in [5.74, 6) is 0.422. The molecule has 1 rings (SSSR count). The zero-order chi connectivity index (χ0) is 13.5. The number of carbonyl (C=O) groups is 1. The van der Waals surface area contributed by atoms with Crippen molar-refractivity contribution in [2.45, 2.75) is 19.8 Å². The van der Waals surface area contributed by atoms with Crippen LogP contribution < -0.4 is 5.32 Å². The number of alkyl halides is 1. The molecule has 1 amide bonds. The number of carbonyl (C=O) groups excluding carboxylic acids is 1. The van der Waals surface area contributed by atoms with E-state index >= 15 is 0 Å². The van der Waals surface area contributed by atoms with Crippen LogP contribution in [0.4, 0.5) is 0 Å². The molecule has 100 valence electrons. The molecular weight excluding hydrogens is 254 g/mol. The van der Waals surface area contributed by atoms with E-state index in [1.165, 1.54) is 12.1 Å². The average Bonchev–Trinajstić information content (AvgIpc) is 2.34. The number of rotatable bonds is 6. The molecule has 0 bridgehead atoms. The van der Waals surface area contributed by atoms with Gasteiger partial charge in [0.15, 0.2) is 0 Å². The monoisotopic (exact) mass is 271 g/mol. The Morgan fingerprint density at radius 3 is 2.78 bits per heavy atom. The van der Waals surface area contributed by atoms with E-state index in [-0.39, 0.29) is 23.0 Å². The minimum Gasteiger partial charge on any atom is -0.508 e. The van der Waals surface area contributed by atoms with E-state index in [2.05, 4.69) is 12.2 Å². The fourth-order valence-corrected chi connectivity index (χ4v) is 1.69. The Labute approximate surface area is 112 Å². The molecule has 1 aromatic rings. The highest BCUT2D eigenvalue weighted by Gasteiger charge is 2.11. The lowest BCUT2D eigenvalue weighted by Crippen LogP contribution is -2.24. The molecule has 0 radical (unpaired) electrons. The number of aromatic hydroxyl groups is 2. The third kappa shape index (κ3) is 4.45. The maximum Gasteiger partial charge on any atom is 0.255 e. The Hall–Kier alpha value is -1.42. The summed E-state index contributed by atoms with van der Waals surface area (Å²) in [6.07, 6.45) is 1.80. The first-order valence-electron chi connectivity index (χ1n) is 5.90. The maximum atomic E-state index is 11.7. The first kappa shape index (κ1) is 14.6. The van der Waals surface area contributed by atoms with Crippen molar-refractivity contribution in [2.24, 2.45) is 5.92 Å². The number of hydrogen-bond donors (Lipinski definition) is 3. The molecule has 0 saturated carbocycles. The third-order valence-corrected chi connectivity index (χ3v) is 3.18. The van der Waals surface area contributed by atoms with E-state index in [4.69, 9.17) is 16.7 Å². The highest BCUT2D eigenvalue weighted by Crippen LogP contribution is 2.22. The zero-order valence-electron chi connectivity index (χ0n) is 10.3. The van der Waals surface area contributed by atoms with Gasteiger partial charge in [-0.05, 0) is 30.9 Å². The molecule has 18 heavy (non-hydrogen) atoms. The molecule has 0 fully saturated rings. The molecular formula is C13H18ClNO3. The van der Waals surface area contributed by atoms with Gasteiger partial charge in [-0.3, -0.25) is 4.79 Å². The summed E-state index contributed by atoms with van der Waals surface area (Å²) in [4.78, 5) is 11.7. The van der Waals surface area contributed by atoms with Crippen LogP contribution in [0.25, 0.3) is 0 Å². The van der Waals surface area contributed by atoms with Crippen molar-refractivity contribution in [1.29, 1.82) is 0 Å². The van der Waals surface area contributed by atoms with Gasteiger partial charge in [-0.15, -0.1) is 11.6 Å². The lowest BCUT2D eigenvalue weighted by molar-refractivity contribution is 0.0950. The molecule has 0 saturated heterocycles. The van der Waals surface area contributed by atoms with E-state index in [9.17, 15) is 9.90 Å². The quantitative estimate of drug-likeness (QED) is 0.550. The minimum absolute atomic E-state index is 0.0695. The second kappa shape index (κ2) is 7.11. The summed E-state index contributed by atoms with van der Waals surface area (Å²) in [5, 5.41) is 21.3. The zero-order valence-corrected chi connectivity index (χ0v) is 11.1. The van der Waals surface area contributed by atoms with Crippen molar-refractivity contribution < 1.29 is 15.0 Å². The summed E-state index contributed by atoms with van der Waals surface area (Å²) in [5.41, 5.74) is 0.165. The Morgan fingerprint density at radius 1 is 1.44 bits per heavy atom. The molecule has 1 atom stereocenters. The minimum atomic E-state index is -0.342. The fraction of sp³-hybridized carbons (Fsp3) is 0.462. The molecule has 0 aliphatic carbocycles. The van der Waals surface area contributed by atoms with E-state index in [0.29, 0.717) is 18.3 Å². The number of hydrogen-bond acceptors (Lipinski definition) is 3. The van der Waals surface area contributed by atoms with Gasteiger partial charge in [0.2, 0.25) is 0 Å². The molecule has 0 spiro atoms. The molecule has 0 aromatic heterocycles. The predicted molar refractivity (Wildman–Crippen MR) is 71.2 cm³/mol. The van der Waals surface area contributed by atoms with Crippen molar-refractivity contribution in [1.82, 2.24) is 5.32 Å². The number of phenols is 2. The summed E-state index contributed by atoms with van der Waals surface area (Å²) >= 11 is 5.68. The van der Waals surface area contributed by atoms with Crippen LogP contribution in [0, 0.1) is 5.92 Å². The Bertz CT molecular complexity index is 409. The lowest BCUT2D eigenvalue weighted by Gasteiger charge is -2.09. The fourth-order valence-electron chi connectivity index (χ4n) is 1.54. The number of phenolic OH excluding ortho intramolecular Hbond substituents is 2. The van der Waals surface area contributed by atoms with Crippen LogP contribution in [0.5, 0.6) is 11.5 Å². The molecule has 3 N–H and O–H groups in total. The van der Waals surface area contributed by atoms with E-state index in [1.54, 1.807) is 0 Å². The van der Waals surface area contributed by atoms with Crippen LogP contribution in [-0.2, 0) is 0 Å². The molecule has 4 nitrogen and oxygen atoms in total. The molecule has 0 aliphatic rings. The van der Waals surface area contributed by atoms with Crippen LogP contribution in [0.2, 0.25) is 0 Å². The number of nitrogens with one attached hydrogen (secondary N) is 1. The second-order valence-corrected chi connectivity index (χ2v) is 4.67. The van der Waals surface area contributed by atoms with E-state index < -0.39 is 0 Å². The van der Waals surface area contributed by atoms with Crippen molar-refractivity contribution in [3.8, 4) is 11.5 Å². The third-order valence-electron chi connectivity index (χ3n) is 2.65. The molecule has 1 aromatic carbocycles. The molecule has 0 aliphatic heterocycles. The Morgan fingerprint density at radius 2 is 2.17 bits per heavy atom. The van der Waals surface area contributed by atoms with Crippen LogP contribution in [0.3, 0.4) is 0 Å². The van der Waals surface area contributed by atoms with Crippen LogP contribution in [0.1, 0.15) is 30.1 Å². The first-order chi connectivity index (χ1) is 8.54. The van der Waals surface area contributed by atoms with Crippen molar-refractivity contribution in [3.05, 3.63) is 23.8 Å². The second-order valence-electron chi connectivity index (χ2n) is 4.36. The van der Waals surface area contributed by atoms with Gasteiger partial charge in [-0.25, -0.2) is 0 Å². The van der Waals surface area contributed by atoms with E-state index in [0.717, 1.165) is 18.9 Å². The van der Waals surface area contributed by atoms with Crippen LogP contribution in [-0.4, -0.2) is 28.5 Å². The lowest BCUT2D eigenvalue weighted by atomic mass is 10.1. The first-order valence-corrected chi connectivity index (χ1v) is 6.44. The molecule has 5 heteroatoms. The number of amides is 1. The van der Waals surface area contributed by atoms with Crippen molar-refractivity contribution in [3.63, 3.8) is 0 Å². The van der Waals surface area contributed by atoms with Gasteiger partial charge in [-0.2, -0.15) is 0 Å². The van der Waals surface area contributed by atoms with Crippen molar-refractivity contribution in [2.75, 3.05) is 12.4 Å². The highest BCUT2D eigenvalue weighted by atomic mass is 35.5. The average molecular weight is 272 g/mol. The highest BCUT2D eigenvalue weighted by molar-refractivity contribution is 6.18. The largest absolute Gasteiger partial charge is 0.508 e. The Balaban J connectivity index is 2.41. The van der Waals surface area contributed by atoms with Gasteiger partial charge in [0.05, 0.1) is 5.56 Å². The molecule has 0 heterocycles. The van der Waals surface area contributed by atoms with Gasteiger partial charge in [0.25, 0.3) is 5.91 Å². The summed E-state index contributed by atoms with van der Waals surface area (Å²) in [6, 6.07) is 3.90. The van der Waals surface area contributed by atoms with Crippen LogP contribution in [0.15, 0.2) is 18.2 Å². The normalized spacial score (nSPS) is 12.1. The molecule has 1 unspecified atom stereocenters. The number of benzene rings is 1. The summed E-state index contributed by atoms with van der Waals surface area (Å²) < 4.78 is 0. The van der Waals surface area contributed by atoms with Crippen LogP contribution >= 0.6 is 11.6 Å². The van der Waals surface area contributed by atoms with Gasteiger partial charge in [0, 0.05) is 18.5 Å². The number of halogens is 1. The SMILES string of the molecule is CC(CCl)CCCNC(=O)c1ccc(O)cc1O. The maximum absolute atomic E-state index is 11.7. The Kier molecular flexibility index (Phi) is 5.78. The van der Waals surface area contributed by atoms with Gasteiger partial charge in [0.1, 0.15) is 11.5 Å². The standard InChI is InChI=1S/C13H18ClNO3/c1-9(8-14)3-2-6-15-13(18)11-5-4-10(16)7-12(11)17/h4-5,7,9,16-17H,2-3,6,8H2,1H3,(H,15,18). The van der Waals surface area contributed by atoms with Gasteiger partial charge in [-0.1, -0.05) is 6.92 Å². The summed E-state index contributed by atoms with van der Waals surface area (Å²) in [7, 11) is 0. The summed E-state index contributed by atoms with van der Waals surface area (Å²) in [6.45, 7) is 2.60. The van der Waals surface area contributed by atoms with Crippen molar-refractivity contribution >= 4 is 17.5 Å². The smallest absolute Gasteiger partial charge is 0.255 e.